The SMILES string of the molecule is Cc1ccc(S(=O)(=O)n2cc(CNCC3CCC(Nc4nc(N(C)C)c5ccccc5n4)CC3)c3ccccc32)cc1. The van der Waals surface area contributed by atoms with Gasteiger partial charge in [0.25, 0.3) is 10.0 Å². The number of para-hydroxylation sites is 2. The summed E-state index contributed by atoms with van der Waals surface area (Å²) >= 11 is 0. The molecule has 42 heavy (non-hydrogen) atoms. The number of benzene rings is 3. The predicted molar refractivity (Wildman–Crippen MR) is 171 cm³/mol. The molecule has 0 saturated heterocycles. The summed E-state index contributed by atoms with van der Waals surface area (Å²) in [5.41, 5.74) is 3.67. The summed E-state index contributed by atoms with van der Waals surface area (Å²) in [4.78, 5) is 11.9. The summed E-state index contributed by atoms with van der Waals surface area (Å²) in [5.74, 6) is 2.19. The van der Waals surface area contributed by atoms with E-state index < -0.39 is 10.0 Å². The molecule has 0 spiro atoms. The molecule has 2 heterocycles. The van der Waals surface area contributed by atoms with Crippen LogP contribution in [0.25, 0.3) is 21.8 Å². The number of hydrogen-bond donors (Lipinski definition) is 2. The Labute approximate surface area is 247 Å². The van der Waals surface area contributed by atoms with Crippen molar-refractivity contribution in [3.8, 4) is 0 Å². The Morgan fingerprint density at radius 3 is 2.31 bits per heavy atom. The Morgan fingerprint density at radius 2 is 1.57 bits per heavy atom. The third-order valence-electron chi connectivity index (χ3n) is 8.27. The van der Waals surface area contributed by atoms with Gasteiger partial charge in [-0.1, -0.05) is 48.0 Å². The first-order valence-corrected chi connectivity index (χ1v) is 16.1. The van der Waals surface area contributed by atoms with Gasteiger partial charge in [-0.2, -0.15) is 4.98 Å². The molecule has 6 rings (SSSR count). The van der Waals surface area contributed by atoms with Crippen LogP contribution in [0.1, 0.15) is 36.8 Å². The van der Waals surface area contributed by atoms with Crippen LogP contribution in [-0.4, -0.2) is 49.0 Å². The number of hydrogen-bond acceptors (Lipinski definition) is 7. The molecule has 0 unspecified atom stereocenters. The quantitative estimate of drug-likeness (QED) is 0.222. The zero-order valence-electron chi connectivity index (χ0n) is 24.4. The van der Waals surface area contributed by atoms with Crippen LogP contribution in [0.3, 0.4) is 0 Å². The van der Waals surface area contributed by atoms with E-state index in [0.717, 1.165) is 65.5 Å². The molecule has 1 aliphatic rings. The first-order chi connectivity index (χ1) is 20.3. The first kappa shape index (κ1) is 28.2. The normalized spacial score (nSPS) is 17.5. The van der Waals surface area contributed by atoms with Gasteiger partial charge in [0.15, 0.2) is 0 Å². The Balaban J connectivity index is 1.08. The topological polar surface area (TPSA) is 92.2 Å². The molecule has 1 saturated carbocycles. The van der Waals surface area contributed by atoms with Crippen molar-refractivity contribution in [2.24, 2.45) is 5.92 Å². The van der Waals surface area contributed by atoms with Gasteiger partial charge in [-0.25, -0.2) is 17.4 Å². The maximum absolute atomic E-state index is 13.5. The minimum Gasteiger partial charge on any atom is -0.362 e. The molecule has 0 bridgehead atoms. The summed E-state index contributed by atoms with van der Waals surface area (Å²) in [6.45, 7) is 3.47. The van der Waals surface area contributed by atoms with Crippen molar-refractivity contribution in [1.29, 1.82) is 0 Å². The number of rotatable bonds is 9. The summed E-state index contributed by atoms with van der Waals surface area (Å²) in [7, 11) is 0.333. The summed E-state index contributed by atoms with van der Waals surface area (Å²) < 4.78 is 28.4. The van der Waals surface area contributed by atoms with Crippen LogP contribution in [0.2, 0.25) is 0 Å². The van der Waals surface area contributed by atoms with Crippen molar-refractivity contribution in [1.82, 2.24) is 19.3 Å². The van der Waals surface area contributed by atoms with E-state index in [9.17, 15) is 8.42 Å². The van der Waals surface area contributed by atoms with Crippen molar-refractivity contribution in [3.63, 3.8) is 0 Å². The van der Waals surface area contributed by atoms with Gasteiger partial charge in [-0.15, -0.1) is 0 Å². The van der Waals surface area contributed by atoms with E-state index in [1.54, 1.807) is 18.3 Å². The molecule has 1 aliphatic carbocycles. The third kappa shape index (κ3) is 5.71. The highest BCUT2D eigenvalue weighted by atomic mass is 32.2. The molecule has 0 radical (unpaired) electrons. The van der Waals surface area contributed by atoms with Crippen molar-refractivity contribution < 1.29 is 8.42 Å². The molecule has 218 valence electrons. The summed E-state index contributed by atoms with van der Waals surface area (Å²) in [6, 6.07) is 23.2. The smallest absolute Gasteiger partial charge is 0.268 e. The fourth-order valence-corrected chi connectivity index (χ4v) is 7.34. The molecule has 2 N–H and O–H groups in total. The number of nitrogens with zero attached hydrogens (tertiary/aromatic N) is 4. The first-order valence-electron chi connectivity index (χ1n) is 14.6. The fourth-order valence-electron chi connectivity index (χ4n) is 5.95. The number of fused-ring (bicyclic) bond motifs is 2. The van der Waals surface area contributed by atoms with Crippen LogP contribution < -0.4 is 15.5 Å². The minimum atomic E-state index is -3.69. The lowest BCUT2D eigenvalue weighted by Crippen LogP contribution is -2.31. The van der Waals surface area contributed by atoms with Crippen LogP contribution >= 0.6 is 0 Å². The fraction of sp³-hybridized carbons (Fsp3) is 0.333. The number of nitrogens with one attached hydrogen (secondary N) is 2. The second-order valence-electron chi connectivity index (χ2n) is 11.6. The predicted octanol–water partition coefficient (Wildman–Crippen LogP) is 5.96. The highest BCUT2D eigenvalue weighted by Gasteiger charge is 2.24. The third-order valence-corrected chi connectivity index (χ3v) is 9.96. The maximum atomic E-state index is 13.5. The molecule has 0 aliphatic heterocycles. The van der Waals surface area contributed by atoms with Crippen LogP contribution in [-0.2, 0) is 16.6 Å². The molecule has 5 aromatic rings. The van der Waals surface area contributed by atoms with E-state index in [2.05, 4.69) is 16.7 Å². The van der Waals surface area contributed by atoms with Gasteiger partial charge in [0, 0.05) is 43.7 Å². The Hall–Kier alpha value is -3.95. The van der Waals surface area contributed by atoms with Crippen molar-refractivity contribution >= 4 is 43.6 Å². The monoisotopic (exact) mass is 582 g/mol. The average molecular weight is 583 g/mol. The molecule has 9 heteroatoms. The standard InChI is InChI=1S/C33H38N6O2S/c1-23-12-18-27(19-13-23)42(40,41)39-22-25(28-8-5-7-11-31(28)39)21-34-20-24-14-16-26(17-15-24)35-33-36-30-10-6-4-9-29(30)32(37-33)38(2)3/h4-13,18-19,22,24,26,34H,14-17,20-21H2,1-3H3,(H,35,36,37). The molecule has 0 atom stereocenters. The molecular weight excluding hydrogens is 544 g/mol. The highest BCUT2D eigenvalue weighted by molar-refractivity contribution is 7.90. The second kappa shape index (κ2) is 11.7. The largest absolute Gasteiger partial charge is 0.362 e. The zero-order valence-corrected chi connectivity index (χ0v) is 25.2. The molecule has 1 fully saturated rings. The van der Waals surface area contributed by atoms with Crippen molar-refractivity contribution in [2.45, 2.75) is 50.1 Å². The van der Waals surface area contributed by atoms with E-state index in [0.29, 0.717) is 34.9 Å². The maximum Gasteiger partial charge on any atom is 0.268 e. The van der Waals surface area contributed by atoms with E-state index >= 15 is 0 Å². The van der Waals surface area contributed by atoms with Gasteiger partial charge in [-0.3, -0.25) is 0 Å². The van der Waals surface area contributed by atoms with E-state index in [4.69, 9.17) is 9.97 Å². The van der Waals surface area contributed by atoms with Crippen LogP contribution in [0.4, 0.5) is 11.8 Å². The van der Waals surface area contributed by atoms with Gasteiger partial charge < -0.3 is 15.5 Å². The van der Waals surface area contributed by atoms with Gasteiger partial charge in [-0.05, 0) is 81.0 Å². The Kier molecular flexibility index (Phi) is 7.88. The summed E-state index contributed by atoms with van der Waals surface area (Å²) in [5, 5.41) is 9.23. The number of anilines is 2. The number of aromatic nitrogens is 3. The molecule has 3 aromatic carbocycles. The number of aryl methyl sites for hydroxylation is 1. The van der Waals surface area contributed by atoms with Crippen LogP contribution in [0, 0.1) is 12.8 Å². The lowest BCUT2D eigenvalue weighted by Gasteiger charge is -2.29. The van der Waals surface area contributed by atoms with Crippen molar-refractivity contribution in [3.05, 3.63) is 90.1 Å². The molecular formula is C33H38N6O2S. The summed E-state index contributed by atoms with van der Waals surface area (Å²) in [6.07, 6.45) is 6.13. The molecule has 2 aromatic heterocycles. The van der Waals surface area contributed by atoms with Crippen LogP contribution in [0.5, 0.6) is 0 Å². The second-order valence-corrected chi connectivity index (χ2v) is 13.4. The minimum absolute atomic E-state index is 0.297. The van der Waals surface area contributed by atoms with Gasteiger partial charge in [0.2, 0.25) is 5.95 Å². The average Bonchev–Trinajstić information content (AvgIpc) is 3.37. The molecule has 0 amide bonds. The highest BCUT2D eigenvalue weighted by Crippen LogP contribution is 2.29. The molecule has 8 nitrogen and oxygen atoms in total. The van der Waals surface area contributed by atoms with Gasteiger partial charge in [0.1, 0.15) is 5.82 Å². The lowest BCUT2D eigenvalue weighted by atomic mass is 9.86. The lowest BCUT2D eigenvalue weighted by molar-refractivity contribution is 0.324. The van der Waals surface area contributed by atoms with Gasteiger partial charge >= 0.3 is 0 Å². The van der Waals surface area contributed by atoms with Gasteiger partial charge in [0.05, 0.1) is 15.9 Å². The van der Waals surface area contributed by atoms with Crippen LogP contribution in [0.15, 0.2) is 83.9 Å². The van der Waals surface area contributed by atoms with Crippen molar-refractivity contribution in [2.75, 3.05) is 30.9 Å². The van der Waals surface area contributed by atoms with E-state index in [1.165, 1.54) is 3.97 Å². The van der Waals surface area contributed by atoms with E-state index in [1.807, 2.05) is 80.5 Å². The Bertz CT molecular complexity index is 1810. The van der Waals surface area contributed by atoms with E-state index in [-0.39, 0.29) is 0 Å². The zero-order chi connectivity index (χ0) is 29.3. The Morgan fingerprint density at radius 1 is 0.881 bits per heavy atom.